The van der Waals surface area contributed by atoms with Crippen molar-refractivity contribution >= 4 is 21.8 Å². The number of nitrogens with zero attached hydrogens (tertiary/aromatic N) is 6. The third kappa shape index (κ3) is 28.6. The van der Waals surface area contributed by atoms with Gasteiger partial charge >= 0.3 is 38.5 Å². The molecule has 0 amide bonds. The van der Waals surface area contributed by atoms with Gasteiger partial charge in [-0.05, 0) is 72.8 Å². The van der Waals surface area contributed by atoms with Crippen molar-refractivity contribution in [3.8, 4) is 34.2 Å². The largest absolute Gasteiger partial charge is 3.00 e. The van der Waals surface area contributed by atoms with E-state index in [1.54, 1.807) is 37.2 Å². The van der Waals surface area contributed by atoms with Gasteiger partial charge in [0.05, 0.1) is 34.2 Å². The molecule has 0 saturated carbocycles. The molecule has 6 nitrogen and oxygen atoms in total. The van der Waals surface area contributed by atoms with Gasteiger partial charge in [0.15, 0.2) is 0 Å². The number of hydrogen-bond acceptors (Lipinski definition) is 6. The third-order valence-electron chi connectivity index (χ3n) is 4.78. The molecule has 0 aliphatic rings. The molecule has 0 atom stereocenters. The van der Waals surface area contributed by atoms with Crippen molar-refractivity contribution in [1.82, 2.24) is 29.9 Å². The maximum Gasteiger partial charge on any atom is 3.00 e. The van der Waals surface area contributed by atoms with E-state index in [4.69, 9.17) is 0 Å². The standard InChI is InChI=1S/3C10H8N2.3BF4.Co/c3*1-3-7-11-9(5-1)10-6-2-4-8-12-10;3*2-1(3,4)5;/h3*1-8H;;;;/q;;;3*-1;+3. The van der Waals surface area contributed by atoms with E-state index in [9.17, 15) is 51.8 Å². The zero-order valence-electron chi connectivity index (χ0n) is 26.1. The van der Waals surface area contributed by atoms with Gasteiger partial charge < -0.3 is 51.8 Å². The van der Waals surface area contributed by atoms with E-state index in [1.807, 2.05) is 109 Å². The minimum atomic E-state index is -6.00. The van der Waals surface area contributed by atoms with Gasteiger partial charge in [-0.2, -0.15) is 0 Å². The Morgan fingerprint density at radius 1 is 0.250 bits per heavy atom. The third-order valence-corrected chi connectivity index (χ3v) is 4.78. The average Bonchev–Trinajstić information content (AvgIpc) is 3.09. The van der Waals surface area contributed by atoms with Crippen molar-refractivity contribution in [3.63, 3.8) is 0 Å². The normalized spacial score (nSPS) is 10.2. The van der Waals surface area contributed by atoms with Crippen LogP contribution in [-0.2, 0) is 16.8 Å². The Morgan fingerprint density at radius 3 is 0.442 bits per heavy atom. The maximum absolute atomic E-state index is 9.75. The van der Waals surface area contributed by atoms with Crippen LogP contribution in [0.2, 0.25) is 0 Å². The van der Waals surface area contributed by atoms with E-state index < -0.39 is 21.8 Å². The summed E-state index contributed by atoms with van der Waals surface area (Å²) in [7, 11) is -18.0. The molecular formula is C30H24B3CoF12N6. The summed E-state index contributed by atoms with van der Waals surface area (Å²) in [5.74, 6) is 0. The summed E-state index contributed by atoms with van der Waals surface area (Å²) in [6.45, 7) is 0. The Labute approximate surface area is 300 Å². The van der Waals surface area contributed by atoms with E-state index >= 15 is 0 Å². The van der Waals surface area contributed by atoms with Crippen molar-refractivity contribution in [3.05, 3.63) is 146 Å². The van der Waals surface area contributed by atoms with Crippen LogP contribution in [0.15, 0.2) is 146 Å². The Kier molecular flexibility index (Phi) is 22.3. The Bertz CT molecular complexity index is 1380. The van der Waals surface area contributed by atoms with Crippen LogP contribution in [0, 0.1) is 0 Å². The smallest absolute Gasteiger partial charge is 0.418 e. The van der Waals surface area contributed by atoms with Gasteiger partial charge in [0.25, 0.3) is 0 Å². The molecule has 52 heavy (non-hydrogen) atoms. The first-order valence-electron chi connectivity index (χ1n) is 14.0. The molecule has 6 aromatic rings. The Hall–Kier alpha value is -5.24. The molecule has 6 rings (SSSR count). The van der Waals surface area contributed by atoms with E-state index in [1.165, 1.54) is 0 Å². The fourth-order valence-electron chi connectivity index (χ4n) is 3.09. The summed E-state index contributed by atoms with van der Waals surface area (Å²) in [6.07, 6.45) is 10.6. The van der Waals surface area contributed by atoms with E-state index in [0.29, 0.717) is 0 Å². The molecule has 0 saturated heterocycles. The van der Waals surface area contributed by atoms with Crippen LogP contribution < -0.4 is 0 Å². The first kappa shape index (κ1) is 46.8. The number of pyridine rings is 6. The molecule has 6 heterocycles. The predicted octanol–water partition coefficient (Wildman–Crippen LogP) is 10.3. The molecular weight excluding hydrogens is 764 g/mol. The van der Waals surface area contributed by atoms with Crippen LogP contribution in [0.5, 0.6) is 0 Å². The maximum atomic E-state index is 9.75. The molecule has 0 bridgehead atoms. The van der Waals surface area contributed by atoms with Crippen LogP contribution in [0.1, 0.15) is 0 Å². The van der Waals surface area contributed by atoms with Crippen molar-refractivity contribution in [2.24, 2.45) is 0 Å². The summed E-state index contributed by atoms with van der Waals surface area (Å²) in [5.41, 5.74) is 5.49. The van der Waals surface area contributed by atoms with Crippen molar-refractivity contribution in [2.45, 2.75) is 0 Å². The molecule has 22 heteroatoms. The van der Waals surface area contributed by atoms with Gasteiger partial charge in [-0.15, -0.1) is 0 Å². The molecule has 6 aromatic heterocycles. The molecule has 0 unspecified atom stereocenters. The Morgan fingerprint density at radius 2 is 0.365 bits per heavy atom. The summed E-state index contributed by atoms with van der Waals surface area (Å²) >= 11 is 0. The fraction of sp³-hybridized carbons (Fsp3) is 0. The second-order valence-corrected chi connectivity index (χ2v) is 8.77. The van der Waals surface area contributed by atoms with E-state index in [2.05, 4.69) is 29.9 Å². The van der Waals surface area contributed by atoms with Crippen molar-refractivity contribution in [1.29, 1.82) is 0 Å². The van der Waals surface area contributed by atoms with Crippen molar-refractivity contribution in [2.75, 3.05) is 0 Å². The SMILES string of the molecule is F[B-](F)(F)F.F[B-](F)(F)F.F[B-](F)(F)F.[Co+3].c1ccc(-c2ccccn2)nc1.c1ccc(-c2ccccn2)nc1.c1ccc(-c2ccccn2)nc1. The minimum absolute atomic E-state index is 0. The zero-order valence-corrected chi connectivity index (χ0v) is 27.2. The molecule has 0 N–H and O–H groups in total. The minimum Gasteiger partial charge on any atom is -0.418 e. The van der Waals surface area contributed by atoms with Crippen LogP contribution in [0.25, 0.3) is 34.2 Å². The monoisotopic (exact) mass is 788 g/mol. The van der Waals surface area contributed by atoms with Crippen LogP contribution >= 0.6 is 0 Å². The first-order valence-corrected chi connectivity index (χ1v) is 14.0. The van der Waals surface area contributed by atoms with E-state index in [-0.39, 0.29) is 16.8 Å². The van der Waals surface area contributed by atoms with Gasteiger partial charge in [-0.3, -0.25) is 29.9 Å². The summed E-state index contributed by atoms with van der Waals surface area (Å²) < 4.78 is 117. The topological polar surface area (TPSA) is 77.3 Å². The van der Waals surface area contributed by atoms with Crippen LogP contribution in [0.3, 0.4) is 0 Å². The number of halogens is 12. The van der Waals surface area contributed by atoms with Gasteiger partial charge in [-0.1, -0.05) is 36.4 Å². The Balaban J connectivity index is 0.000000627. The van der Waals surface area contributed by atoms with Gasteiger partial charge in [-0.25, -0.2) is 0 Å². The van der Waals surface area contributed by atoms with Crippen LogP contribution in [-0.4, -0.2) is 51.7 Å². The van der Waals surface area contributed by atoms with Crippen LogP contribution in [0.4, 0.5) is 51.8 Å². The van der Waals surface area contributed by atoms with Crippen molar-refractivity contribution < 1.29 is 68.6 Å². The number of aromatic nitrogens is 6. The zero-order chi connectivity index (χ0) is 38.2. The summed E-state index contributed by atoms with van der Waals surface area (Å²) in [4.78, 5) is 25.1. The second-order valence-electron chi connectivity index (χ2n) is 8.77. The molecule has 0 aromatic carbocycles. The van der Waals surface area contributed by atoms with Gasteiger partial charge in [0.1, 0.15) is 0 Å². The molecule has 276 valence electrons. The first-order chi connectivity index (χ1) is 23.9. The fourth-order valence-corrected chi connectivity index (χ4v) is 3.09. The summed E-state index contributed by atoms with van der Waals surface area (Å²) in [6, 6.07) is 34.8. The second kappa shape index (κ2) is 24.8. The van der Waals surface area contributed by atoms with Gasteiger partial charge in [0.2, 0.25) is 0 Å². The van der Waals surface area contributed by atoms with E-state index in [0.717, 1.165) is 34.2 Å². The molecule has 0 spiro atoms. The number of rotatable bonds is 3. The predicted molar refractivity (Wildman–Crippen MR) is 173 cm³/mol. The molecule has 0 fully saturated rings. The summed E-state index contributed by atoms with van der Waals surface area (Å²) in [5, 5.41) is 0. The van der Waals surface area contributed by atoms with Gasteiger partial charge in [0, 0.05) is 37.2 Å². The molecule has 0 radical (unpaired) electrons. The average molecular weight is 788 g/mol. The molecule has 0 aliphatic heterocycles. The quantitative estimate of drug-likeness (QED) is 0.131. The molecule has 0 aliphatic carbocycles. The number of hydrogen-bond donors (Lipinski definition) is 0.